The Morgan fingerprint density at radius 3 is 2.71 bits per heavy atom. The fourth-order valence-electron chi connectivity index (χ4n) is 2.26. The van der Waals surface area contributed by atoms with E-state index in [2.05, 4.69) is 20.6 Å². The zero-order chi connectivity index (χ0) is 16.9. The van der Waals surface area contributed by atoms with Gasteiger partial charge in [-0.3, -0.25) is 0 Å². The molecule has 1 aromatic heterocycles. The number of hydrazone groups is 1. The summed E-state index contributed by atoms with van der Waals surface area (Å²) in [4.78, 5) is 12.2. The molecule has 0 unspecified atom stereocenters. The van der Waals surface area contributed by atoms with Gasteiger partial charge in [0.2, 0.25) is 5.88 Å². The van der Waals surface area contributed by atoms with E-state index in [9.17, 15) is 4.79 Å². The summed E-state index contributed by atoms with van der Waals surface area (Å²) in [6.07, 6.45) is 0.706. The van der Waals surface area contributed by atoms with Gasteiger partial charge in [-0.1, -0.05) is 23.7 Å². The Kier molecular flexibility index (Phi) is 4.90. The maximum Gasteiger partial charge on any atom is 0.338 e. The molecule has 1 aromatic carbocycles. The van der Waals surface area contributed by atoms with Crippen molar-refractivity contribution in [3.63, 3.8) is 0 Å². The Morgan fingerprint density at radius 1 is 1.25 bits per heavy atom. The van der Waals surface area contributed by atoms with Crippen molar-refractivity contribution in [2.75, 3.05) is 13.7 Å². The molecule has 7 nitrogen and oxygen atoms in total. The molecule has 0 radical (unpaired) electrons. The lowest BCUT2D eigenvalue weighted by Gasteiger charge is -2.12. The van der Waals surface area contributed by atoms with Crippen LogP contribution in [0.4, 0.5) is 4.79 Å². The SMILES string of the molecule is COc1ccc(CNC(=O)N2CCC(c3ccc(Cl)cc3)=N2)nn1. The Morgan fingerprint density at radius 2 is 2.04 bits per heavy atom. The molecule has 1 aliphatic heterocycles. The quantitative estimate of drug-likeness (QED) is 0.923. The second-order valence-electron chi connectivity index (χ2n) is 5.15. The first-order valence-corrected chi connectivity index (χ1v) is 7.79. The molecule has 2 heterocycles. The summed E-state index contributed by atoms with van der Waals surface area (Å²) in [5, 5.41) is 17.1. The second kappa shape index (κ2) is 7.27. The minimum absolute atomic E-state index is 0.267. The molecule has 3 rings (SSSR count). The number of carbonyl (C=O) groups is 1. The van der Waals surface area contributed by atoms with E-state index in [1.165, 1.54) is 12.1 Å². The number of hydrogen-bond donors (Lipinski definition) is 1. The monoisotopic (exact) mass is 345 g/mol. The highest BCUT2D eigenvalue weighted by Crippen LogP contribution is 2.16. The van der Waals surface area contributed by atoms with Crippen molar-refractivity contribution in [3.8, 4) is 5.88 Å². The molecule has 2 aromatic rings. The number of rotatable bonds is 4. The van der Waals surface area contributed by atoms with Gasteiger partial charge in [0.1, 0.15) is 0 Å². The molecule has 0 saturated heterocycles. The van der Waals surface area contributed by atoms with Gasteiger partial charge in [0.05, 0.1) is 31.6 Å². The molecule has 8 heteroatoms. The van der Waals surface area contributed by atoms with Gasteiger partial charge in [0.15, 0.2) is 0 Å². The number of amides is 2. The van der Waals surface area contributed by atoms with Crippen LogP contribution in [0.5, 0.6) is 5.88 Å². The van der Waals surface area contributed by atoms with E-state index in [-0.39, 0.29) is 12.6 Å². The van der Waals surface area contributed by atoms with Crippen LogP contribution in [-0.4, -0.2) is 40.6 Å². The molecule has 0 spiro atoms. The van der Waals surface area contributed by atoms with Crippen molar-refractivity contribution in [2.24, 2.45) is 5.10 Å². The minimum atomic E-state index is -0.267. The fraction of sp³-hybridized carbons (Fsp3) is 0.250. The highest BCUT2D eigenvalue weighted by atomic mass is 35.5. The number of benzene rings is 1. The number of carbonyl (C=O) groups excluding carboxylic acids is 1. The van der Waals surface area contributed by atoms with Crippen LogP contribution in [0.1, 0.15) is 17.7 Å². The lowest BCUT2D eigenvalue weighted by atomic mass is 10.1. The Labute approximate surface area is 144 Å². The number of nitrogens with zero attached hydrogens (tertiary/aromatic N) is 4. The number of nitrogens with one attached hydrogen (secondary N) is 1. The first-order valence-electron chi connectivity index (χ1n) is 7.41. The van der Waals surface area contributed by atoms with Gasteiger partial charge in [0.25, 0.3) is 0 Å². The topological polar surface area (TPSA) is 79.7 Å². The van der Waals surface area contributed by atoms with E-state index in [1.54, 1.807) is 12.1 Å². The molecule has 124 valence electrons. The van der Waals surface area contributed by atoms with Crippen molar-refractivity contribution in [1.29, 1.82) is 0 Å². The van der Waals surface area contributed by atoms with Crippen molar-refractivity contribution >= 4 is 23.3 Å². The first kappa shape index (κ1) is 16.2. The van der Waals surface area contributed by atoms with Gasteiger partial charge in [-0.15, -0.1) is 5.10 Å². The Hall–Kier alpha value is -2.67. The van der Waals surface area contributed by atoms with Crippen LogP contribution < -0.4 is 10.1 Å². The first-order chi connectivity index (χ1) is 11.7. The molecule has 0 fully saturated rings. The number of hydrogen-bond acceptors (Lipinski definition) is 5. The third kappa shape index (κ3) is 3.80. The summed E-state index contributed by atoms with van der Waals surface area (Å²) in [5.41, 5.74) is 2.48. The van der Waals surface area contributed by atoms with Crippen LogP contribution in [-0.2, 0) is 6.54 Å². The van der Waals surface area contributed by atoms with Crippen LogP contribution in [0.25, 0.3) is 0 Å². The van der Waals surface area contributed by atoms with Crippen molar-refractivity contribution in [1.82, 2.24) is 20.5 Å². The summed E-state index contributed by atoms with van der Waals surface area (Å²) in [7, 11) is 1.52. The highest BCUT2D eigenvalue weighted by molar-refractivity contribution is 6.30. The summed E-state index contributed by atoms with van der Waals surface area (Å²) in [6, 6.07) is 10.6. The molecule has 2 amide bonds. The standard InChI is InChI=1S/C16H16ClN5O2/c1-24-15-7-6-13(19-20-15)10-18-16(23)22-9-8-14(21-22)11-2-4-12(17)5-3-11/h2-7H,8-10H2,1H3,(H,18,23). The fourth-order valence-corrected chi connectivity index (χ4v) is 2.38. The molecule has 0 aliphatic carbocycles. The van der Waals surface area contributed by atoms with Crippen LogP contribution in [0.15, 0.2) is 41.5 Å². The van der Waals surface area contributed by atoms with E-state index in [0.29, 0.717) is 29.6 Å². The van der Waals surface area contributed by atoms with E-state index >= 15 is 0 Å². The number of halogens is 1. The molecule has 0 saturated carbocycles. The molecule has 1 N–H and O–H groups in total. The predicted molar refractivity (Wildman–Crippen MR) is 90.1 cm³/mol. The lowest BCUT2D eigenvalue weighted by molar-refractivity contribution is 0.204. The van der Waals surface area contributed by atoms with Gasteiger partial charge in [-0.2, -0.15) is 10.2 Å². The number of urea groups is 1. The second-order valence-corrected chi connectivity index (χ2v) is 5.59. The van der Waals surface area contributed by atoms with Crippen LogP contribution in [0.2, 0.25) is 5.02 Å². The van der Waals surface area contributed by atoms with E-state index in [1.807, 2.05) is 24.3 Å². The minimum Gasteiger partial charge on any atom is -0.480 e. The molecular formula is C16H16ClN5O2. The molecule has 1 aliphatic rings. The van der Waals surface area contributed by atoms with Gasteiger partial charge in [0, 0.05) is 17.5 Å². The van der Waals surface area contributed by atoms with Gasteiger partial charge in [-0.25, -0.2) is 9.80 Å². The lowest BCUT2D eigenvalue weighted by Crippen LogP contribution is -2.35. The van der Waals surface area contributed by atoms with Gasteiger partial charge in [-0.05, 0) is 23.8 Å². The number of ether oxygens (including phenoxy) is 1. The smallest absolute Gasteiger partial charge is 0.338 e. The summed E-state index contributed by atoms with van der Waals surface area (Å²) in [5.74, 6) is 0.432. The average molecular weight is 346 g/mol. The molecule has 0 atom stereocenters. The number of methoxy groups -OCH3 is 1. The summed E-state index contributed by atoms with van der Waals surface area (Å²) in [6.45, 7) is 0.816. The summed E-state index contributed by atoms with van der Waals surface area (Å²) < 4.78 is 4.94. The maximum atomic E-state index is 12.2. The van der Waals surface area contributed by atoms with Crippen molar-refractivity contribution in [2.45, 2.75) is 13.0 Å². The summed E-state index contributed by atoms with van der Waals surface area (Å²) >= 11 is 5.88. The zero-order valence-corrected chi connectivity index (χ0v) is 13.8. The van der Waals surface area contributed by atoms with Crippen LogP contribution in [0.3, 0.4) is 0 Å². The Bertz CT molecular complexity index is 746. The Balaban J connectivity index is 1.58. The van der Waals surface area contributed by atoms with Crippen LogP contribution in [0, 0.1) is 0 Å². The molecular weight excluding hydrogens is 330 g/mol. The average Bonchev–Trinajstić information content (AvgIpc) is 3.11. The van der Waals surface area contributed by atoms with Crippen molar-refractivity contribution < 1.29 is 9.53 Å². The zero-order valence-electron chi connectivity index (χ0n) is 13.1. The maximum absolute atomic E-state index is 12.2. The van der Waals surface area contributed by atoms with Gasteiger partial charge < -0.3 is 10.1 Å². The van der Waals surface area contributed by atoms with Gasteiger partial charge >= 0.3 is 6.03 Å². The normalized spacial score (nSPS) is 13.6. The predicted octanol–water partition coefficient (Wildman–Crippen LogP) is 2.46. The molecule has 24 heavy (non-hydrogen) atoms. The highest BCUT2D eigenvalue weighted by Gasteiger charge is 2.21. The largest absolute Gasteiger partial charge is 0.480 e. The third-order valence-electron chi connectivity index (χ3n) is 3.54. The van der Waals surface area contributed by atoms with Crippen molar-refractivity contribution in [3.05, 3.63) is 52.7 Å². The van der Waals surface area contributed by atoms with E-state index in [4.69, 9.17) is 16.3 Å². The van der Waals surface area contributed by atoms with E-state index < -0.39 is 0 Å². The van der Waals surface area contributed by atoms with Crippen LogP contribution >= 0.6 is 11.6 Å². The van der Waals surface area contributed by atoms with E-state index in [0.717, 1.165) is 11.3 Å². The molecule has 0 bridgehead atoms. The third-order valence-corrected chi connectivity index (χ3v) is 3.79. The number of aromatic nitrogens is 2.